The van der Waals surface area contributed by atoms with Gasteiger partial charge in [-0.05, 0) is 12.8 Å². The normalized spacial score (nSPS) is 21.4. The number of rotatable bonds is 44. The fourth-order valence-electron chi connectivity index (χ4n) is 8.62. The Morgan fingerprint density at radius 2 is 0.852 bits per heavy atom. The van der Waals surface area contributed by atoms with Crippen LogP contribution in [0.3, 0.4) is 0 Å². The van der Waals surface area contributed by atoms with Crippen molar-refractivity contribution in [1.82, 2.24) is 5.32 Å². The van der Waals surface area contributed by atoms with E-state index in [2.05, 4.69) is 19.2 Å². The molecule has 364 valence electrons. The van der Waals surface area contributed by atoms with Gasteiger partial charge in [0.15, 0.2) is 6.29 Å². The van der Waals surface area contributed by atoms with Crippen molar-refractivity contribution in [3.05, 3.63) is 0 Å². The third-order valence-corrected chi connectivity index (χ3v) is 12.9. The number of ether oxygens (including phenoxy) is 2. The molecule has 1 heterocycles. The fraction of sp³-hybridized carbons (Fsp3) is 0.980. The minimum Gasteiger partial charge on any atom is -0.394 e. The van der Waals surface area contributed by atoms with E-state index in [0.717, 1.165) is 38.5 Å². The third kappa shape index (κ3) is 30.0. The Morgan fingerprint density at radius 3 is 1.21 bits per heavy atom. The Labute approximate surface area is 373 Å². The summed E-state index contributed by atoms with van der Waals surface area (Å²) in [6.07, 6.45) is 31.4. The Bertz CT molecular complexity index is 959. The Kier molecular flexibility index (Phi) is 38.7. The first-order valence-corrected chi connectivity index (χ1v) is 25.9. The van der Waals surface area contributed by atoms with Gasteiger partial charge in [0.25, 0.3) is 0 Å². The molecule has 11 nitrogen and oxygen atoms in total. The molecule has 9 atom stereocenters. The molecule has 0 aliphatic carbocycles. The molecule has 0 aromatic carbocycles. The van der Waals surface area contributed by atoms with E-state index in [-0.39, 0.29) is 6.42 Å². The smallest absolute Gasteiger partial charge is 0.249 e. The number of unbranched alkanes of at least 4 members (excludes halogenated alkanes) is 32. The summed E-state index contributed by atoms with van der Waals surface area (Å²) < 4.78 is 11.1. The van der Waals surface area contributed by atoms with Crippen molar-refractivity contribution >= 4 is 5.91 Å². The molecule has 0 aromatic heterocycles. The van der Waals surface area contributed by atoms with Crippen LogP contribution in [-0.4, -0.2) is 110 Å². The molecule has 1 saturated heterocycles. The molecule has 9 unspecified atom stereocenters. The van der Waals surface area contributed by atoms with E-state index >= 15 is 0 Å². The second kappa shape index (κ2) is 40.6. The van der Waals surface area contributed by atoms with E-state index in [4.69, 9.17) is 9.47 Å². The van der Waals surface area contributed by atoms with Crippen LogP contribution in [0.5, 0.6) is 0 Å². The molecule has 0 saturated carbocycles. The standard InChI is InChI=1S/C50H99NO10/c1-3-5-7-9-11-13-15-17-19-20-21-22-23-24-26-27-29-31-33-35-37-42(53)45(55)41(40-60-50-48(58)47(57)46(56)44(39-52)61-50)51-49(59)43(54)38-36-34-32-30-28-25-18-16-14-12-10-8-6-4-2/h41-48,50,52-58H,3-40H2,1-2H3,(H,51,59). The molecule has 0 bridgehead atoms. The van der Waals surface area contributed by atoms with Gasteiger partial charge in [-0.1, -0.05) is 232 Å². The molecular formula is C50H99NO10. The van der Waals surface area contributed by atoms with Gasteiger partial charge in [-0.15, -0.1) is 0 Å². The van der Waals surface area contributed by atoms with Gasteiger partial charge in [-0.2, -0.15) is 0 Å². The van der Waals surface area contributed by atoms with Gasteiger partial charge in [0.2, 0.25) is 5.91 Å². The van der Waals surface area contributed by atoms with E-state index in [9.17, 15) is 40.5 Å². The van der Waals surface area contributed by atoms with Crippen LogP contribution in [0.4, 0.5) is 0 Å². The fourth-order valence-corrected chi connectivity index (χ4v) is 8.62. The second-order valence-corrected chi connectivity index (χ2v) is 18.6. The molecule has 1 aliphatic rings. The summed E-state index contributed by atoms with van der Waals surface area (Å²) in [6.45, 7) is 3.47. The summed E-state index contributed by atoms with van der Waals surface area (Å²) in [7, 11) is 0. The quantitative estimate of drug-likeness (QED) is 0.0274. The average molecular weight is 874 g/mol. The lowest BCUT2D eigenvalue weighted by atomic mass is 9.98. The molecule has 11 heteroatoms. The van der Waals surface area contributed by atoms with E-state index in [0.29, 0.717) is 19.3 Å². The summed E-state index contributed by atoms with van der Waals surface area (Å²) in [5.41, 5.74) is 0. The number of aliphatic hydroxyl groups excluding tert-OH is 7. The van der Waals surface area contributed by atoms with Crippen molar-refractivity contribution in [2.24, 2.45) is 0 Å². The zero-order valence-corrected chi connectivity index (χ0v) is 39.4. The molecule has 0 radical (unpaired) electrons. The third-order valence-electron chi connectivity index (χ3n) is 12.9. The van der Waals surface area contributed by atoms with Crippen molar-refractivity contribution in [1.29, 1.82) is 0 Å². The zero-order chi connectivity index (χ0) is 44.8. The van der Waals surface area contributed by atoms with Gasteiger partial charge in [-0.25, -0.2) is 0 Å². The van der Waals surface area contributed by atoms with Crippen molar-refractivity contribution in [2.45, 2.75) is 300 Å². The highest BCUT2D eigenvalue weighted by molar-refractivity contribution is 5.80. The zero-order valence-electron chi connectivity index (χ0n) is 39.4. The van der Waals surface area contributed by atoms with Crippen LogP contribution >= 0.6 is 0 Å². The Morgan fingerprint density at radius 1 is 0.508 bits per heavy atom. The molecule has 61 heavy (non-hydrogen) atoms. The molecule has 8 N–H and O–H groups in total. The van der Waals surface area contributed by atoms with Crippen molar-refractivity contribution in [3.8, 4) is 0 Å². The number of amides is 1. The number of carbonyl (C=O) groups is 1. The largest absolute Gasteiger partial charge is 0.394 e. The molecule has 0 aromatic rings. The predicted octanol–water partition coefficient (Wildman–Crippen LogP) is 9.45. The lowest BCUT2D eigenvalue weighted by molar-refractivity contribution is -0.303. The van der Waals surface area contributed by atoms with Gasteiger partial charge in [-0.3, -0.25) is 4.79 Å². The van der Waals surface area contributed by atoms with Crippen LogP contribution in [0.1, 0.15) is 245 Å². The maximum atomic E-state index is 13.1. The topological polar surface area (TPSA) is 189 Å². The average Bonchev–Trinajstić information content (AvgIpc) is 3.26. The molecule has 1 fully saturated rings. The van der Waals surface area contributed by atoms with E-state index in [1.807, 2.05) is 0 Å². The maximum Gasteiger partial charge on any atom is 0.249 e. The first-order valence-electron chi connectivity index (χ1n) is 25.9. The van der Waals surface area contributed by atoms with E-state index < -0.39 is 74.2 Å². The van der Waals surface area contributed by atoms with Gasteiger partial charge >= 0.3 is 0 Å². The summed E-state index contributed by atoms with van der Waals surface area (Å²) in [6, 6.07) is -1.16. The van der Waals surface area contributed by atoms with Crippen molar-refractivity contribution < 1.29 is 50.0 Å². The van der Waals surface area contributed by atoms with Crippen LogP contribution in [0.2, 0.25) is 0 Å². The van der Waals surface area contributed by atoms with Crippen LogP contribution < -0.4 is 5.32 Å². The molecule has 1 amide bonds. The predicted molar refractivity (Wildman–Crippen MR) is 247 cm³/mol. The van der Waals surface area contributed by atoms with E-state index in [1.54, 1.807) is 0 Å². The lowest BCUT2D eigenvalue weighted by Crippen LogP contribution is -2.60. The minimum absolute atomic E-state index is 0.266. The number of carbonyl (C=O) groups excluding carboxylic acids is 1. The van der Waals surface area contributed by atoms with Crippen molar-refractivity contribution in [3.63, 3.8) is 0 Å². The summed E-state index contributed by atoms with van der Waals surface area (Å²) in [4.78, 5) is 13.1. The Hall–Kier alpha value is -0.890. The highest BCUT2D eigenvalue weighted by atomic mass is 16.7. The van der Waals surface area contributed by atoms with Crippen LogP contribution in [0.15, 0.2) is 0 Å². The minimum atomic E-state index is -1.66. The highest BCUT2D eigenvalue weighted by Crippen LogP contribution is 2.23. The summed E-state index contributed by atoms with van der Waals surface area (Å²) >= 11 is 0. The van der Waals surface area contributed by atoms with Crippen LogP contribution in [-0.2, 0) is 14.3 Å². The monoisotopic (exact) mass is 874 g/mol. The van der Waals surface area contributed by atoms with Crippen molar-refractivity contribution in [2.75, 3.05) is 13.2 Å². The van der Waals surface area contributed by atoms with Gasteiger partial charge in [0, 0.05) is 0 Å². The van der Waals surface area contributed by atoms with Crippen LogP contribution in [0.25, 0.3) is 0 Å². The first-order chi connectivity index (χ1) is 29.7. The molecule has 1 rings (SSSR count). The SMILES string of the molecule is CCCCCCCCCCCCCCCCCCCCCCC(O)C(O)C(COC1OC(CO)C(O)C(O)C1O)NC(=O)C(O)CCCCCCCCCCCCCCCC. The Balaban J connectivity index is 2.37. The van der Waals surface area contributed by atoms with Gasteiger partial charge in [0.05, 0.1) is 25.4 Å². The highest BCUT2D eigenvalue weighted by Gasteiger charge is 2.44. The van der Waals surface area contributed by atoms with Gasteiger partial charge < -0.3 is 50.5 Å². The number of hydrogen-bond acceptors (Lipinski definition) is 10. The molecular weight excluding hydrogens is 775 g/mol. The number of nitrogens with one attached hydrogen (secondary N) is 1. The molecule has 1 aliphatic heterocycles. The number of aliphatic hydroxyl groups is 7. The summed E-state index contributed by atoms with van der Waals surface area (Å²) in [5, 5.41) is 75.9. The summed E-state index contributed by atoms with van der Waals surface area (Å²) in [5.74, 6) is -0.692. The lowest BCUT2D eigenvalue weighted by Gasteiger charge is -2.40. The second-order valence-electron chi connectivity index (χ2n) is 18.6. The number of hydrogen-bond donors (Lipinski definition) is 8. The van der Waals surface area contributed by atoms with Gasteiger partial charge in [0.1, 0.15) is 36.6 Å². The first kappa shape index (κ1) is 58.1. The maximum absolute atomic E-state index is 13.1. The molecule has 0 spiro atoms. The van der Waals surface area contributed by atoms with Crippen LogP contribution in [0, 0.1) is 0 Å². The van der Waals surface area contributed by atoms with E-state index in [1.165, 1.54) is 167 Å².